The summed E-state index contributed by atoms with van der Waals surface area (Å²) in [6, 6.07) is 7.88. The fourth-order valence-corrected chi connectivity index (χ4v) is 2.69. The first-order valence-corrected chi connectivity index (χ1v) is 8.50. The van der Waals surface area contributed by atoms with Gasteiger partial charge in [0, 0.05) is 12.2 Å². The Balaban J connectivity index is 1.74. The predicted octanol–water partition coefficient (Wildman–Crippen LogP) is 3.30. The lowest BCUT2D eigenvalue weighted by molar-refractivity contribution is 0.310. The van der Waals surface area contributed by atoms with Crippen LogP contribution in [0.1, 0.15) is 23.9 Å². The Bertz CT molecular complexity index is 891. The summed E-state index contributed by atoms with van der Waals surface area (Å²) in [5, 5.41) is 7.73. The zero-order valence-corrected chi connectivity index (χ0v) is 15.5. The number of methoxy groups -OCH3 is 1. The number of nitrogens with one attached hydrogen (secondary N) is 1. The quantitative estimate of drug-likeness (QED) is 0.702. The van der Waals surface area contributed by atoms with Gasteiger partial charge in [0.1, 0.15) is 5.82 Å². The molecule has 136 valence electrons. The van der Waals surface area contributed by atoms with Crippen LogP contribution in [0.15, 0.2) is 36.7 Å². The molecule has 0 aliphatic rings. The second kappa shape index (κ2) is 7.86. The molecule has 0 amide bonds. The highest BCUT2D eigenvalue weighted by Crippen LogP contribution is 2.28. The van der Waals surface area contributed by atoms with E-state index in [0.717, 1.165) is 22.7 Å². The van der Waals surface area contributed by atoms with Crippen LogP contribution in [0.2, 0.25) is 0 Å². The van der Waals surface area contributed by atoms with Crippen molar-refractivity contribution in [3.63, 3.8) is 0 Å². The van der Waals surface area contributed by atoms with E-state index in [2.05, 4.69) is 20.4 Å². The third-order valence-corrected chi connectivity index (χ3v) is 3.85. The predicted molar refractivity (Wildman–Crippen MR) is 100 cm³/mol. The van der Waals surface area contributed by atoms with Gasteiger partial charge in [0.25, 0.3) is 0 Å². The van der Waals surface area contributed by atoms with E-state index in [9.17, 15) is 0 Å². The first-order chi connectivity index (χ1) is 12.6. The van der Waals surface area contributed by atoms with Crippen LogP contribution in [0.3, 0.4) is 0 Å². The van der Waals surface area contributed by atoms with Crippen molar-refractivity contribution < 1.29 is 9.47 Å². The van der Waals surface area contributed by atoms with Crippen LogP contribution in [-0.4, -0.2) is 33.5 Å². The molecule has 1 aromatic carbocycles. The summed E-state index contributed by atoms with van der Waals surface area (Å²) < 4.78 is 12.7. The molecular weight excluding hydrogens is 330 g/mol. The molecule has 26 heavy (non-hydrogen) atoms. The van der Waals surface area contributed by atoms with Crippen LogP contribution in [0.4, 0.5) is 5.82 Å². The van der Waals surface area contributed by atoms with E-state index >= 15 is 0 Å². The van der Waals surface area contributed by atoms with E-state index in [4.69, 9.17) is 9.47 Å². The molecule has 0 saturated heterocycles. The van der Waals surface area contributed by atoms with Crippen LogP contribution < -0.4 is 14.8 Å². The number of anilines is 1. The van der Waals surface area contributed by atoms with Crippen molar-refractivity contribution in [2.75, 3.05) is 19.0 Å². The molecule has 7 heteroatoms. The fourth-order valence-electron chi connectivity index (χ4n) is 2.69. The van der Waals surface area contributed by atoms with Gasteiger partial charge < -0.3 is 14.8 Å². The Morgan fingerprint density at radius 3 is 2.65 bits per heavy atom. The number of aromatic nitrogens is 4. The monoisotopic (exact) mass is 353 g/mol. The summed E-state index contributed by atoms with van der Waals surface area (Å²) in [5.41, 5.74) is 3.03. The number of nitrogens with zero attached hydrogens (tertiary/aromatic N) is 4. The Kier molecular flexibility index (Phi) is 5.36. The lowest BCUT2D eigenvalue weighted by Crippen LogP contribution is -2.07. The maximum Gasteiger partial charge on any atom is 0.174 e. The van der Waals surface area contributed by atoms with Gasteiger partial charge in [-0.05, 0) is 44.5 Å². The Labute approximate surface area is 153 Å². The standard InChI is InChI=1S/C19H23N5O2/c1-5-26-16-7-6-15(9-17(16)25-4)10-21-18-11-20-12-19(22-18)24-14(3)8-13(2)23-24/h6-9,11-12H,5,10H2,1-4H3,(H,21,22). The van der Waals surface area contributed by atoms with Gasteiger partial charge in [0.05, 0.1) is 31.8 Å². The molecule has 2 heterocycles. The van der Waals surface area contributed by atoms with Crippen molar-refractivity contribution in [2.24, 2.45) is 0 Å². The van der Waals surface area contributed by atoms with Crippen LogP contribution in [0, 0.1) is 13.8 Å². The molecule has 0 aliphatic heterocycles. The number of ether oxygens (including phenoxy) is 2. The van der Waals surface area contributed by atoms with Gasteiger partial charge in [-0.1, -0.05) is 6.07 Å². The second-order valence-electron chi connectivity index (χ2n) is 5.87. The molecule has 0 saturated carbocycles. The first-order valence-electron chi connectivity index (χ1n) is 8.50. The van der Waals surface area contributed by atoms with Crippen molar-refractivity contribution in [1.82, 2.24) is 19.7 Å². The number of rotatable bonds is 7. The number of hydrogen-bond acceptors (Lipinski definition) is 6. The third-order valence-electron chi connectivity index (χ3n) is 3.85. The number of aryl methyl sites for hydroxylation is 2. The molecular formula is C19H23N5O2. The molecule has 3 aromatic rings. The fraction of sp³-hybridized carbons (Fsp3) is 0.316. The van der Waals surface area contributed by atoms with Gasteiger partial charge >= 0.3 is 0 Å². The van der Waals surface area contributed by atoms with Crippen LogP contribution in [0.5, 0.6) is 11.5 Å². The van der Waals surface area contributed by atoms with E-state index in [1.807, 2.05) is 45.0 Å². The average Bonchev–Trinajstić information content (AvgIpc) is 2.99. The lowest BCUT2D eigenvalue weighted by Gasteiger charge is -2.12. The van der Waals surface area contributed by atoms with Gasteiger partial charge in [-0.25, -0.2) is 9.67 Å². The third kappa shape index (κ3) is 3.93. The summed E-state index contributed by atoms with van der Waals surface area (Å²) in [4.78, 5) is 8.86. The average molecular weight is 353 g/mol. The van der Waals surface area contributed by atoms with Crippen molar-refractivity contribution in [1.29, 1.82) is 0 Å². The highest BCUT2D eigenvalue weighted by Gasteiger charge is 2.08. The van der Waals surface area contributed by atoms with E-state index in [1.165, 1.54) is 0 Å². The summed E-state index contributed by atoms with van der Waals surface area (Å²) in [6.45, 7) is 7.09. The first kappa shape index (κ1) is 17.7. The van der Waals surface area contributed by atoms with Crippen LogP contribution >= 0.6 is 0 Å². The van der Waals surface area contributed by atoms with Crippen molar-refractivity contribution >= 4 is 5.82 Å². The Morgan fingerprint density at radius 2 is 1.96 bits per heavy atom. The Morgan fingerprint density at radius 1 is 1.12 bits per heavy atom. The van der Waals surface area contributed by atoms with E-state index < -0.39 is 0 Å². The normalized spacial score (nSPS) is 10.6. The smallest absolute Gasteiger partial charge is 0.174 e. The van der Waals surface area contributed by atoms with Gasteiger partial charge in [0.15, 0.2) is 17.3 Å². The van der Waals surface area contributed by atoms with Crippen molar-refractivity contribution in [3.8, 4) is 17.3 Å². The van der Waals surface area contributed by atoms with Gasteiger partial charge in [-0.3, -0.25) is 4.98 Å². The molecule has 0 atom stereocenters. The Hall–Kier alpha value is -3.09. The second-order valence-corrected chi connectivity index (χ2v) is 5.87. The summed E-state index contributed by atoms with van der Waals surface area (Å²) in [7, 11) is 1.64. The topological polar surface area (TPSA) is 74.1 Å². The molecule has 2 aromatic heterocycles. The molecule has 3 rings (SSSR count). The van der Waals surface area contributed by atoms with Crippen LogP contribution in [-0.2, 0) is 6.54 Å². The van der Waals surface area contributed by atoms with Gasteiger partial charge in [-0.15, -0.1) is 0 Å². The van der Waals surface area contributed by atoms with Gasteiger partial charge in [-0.2, -0.15) is 5.10 Å². The molecule has 0 bridgehead atoms. The van der Waals surface area contributed by atoms with Crippen LogP contribution in [0.25, 0.3) is 5.82 Å². The van der Waals surface area contributed by atoms with Crippen molar-refractivity contribution in [3.05, 3.63) is 53.6 Å². The minimum Gasteiger partial charge on any atom is -0.493 e. The molecule has 7 nitrogen and oxygen atoms in total. The molecule has 0 radical (unpaired) electrons. The maximum absolute atomic E-state index is 5.55. The molecule has 0 spiro atoms. The van der Waals surface area contributed by atoms with Crippen molar-refractivity contribution in [2.45, 2.75) is 27.3 Å². The SMILES string of the molecule is CCOc1ccc(CNc2cncc(-n3nc(C)cc3C)n2)cc1OC. The summed E-state index contributed by atoms with van der Waals surface area (Å²) in [6.07, 6.45) is 3.39. The zero-order chi connectivity index (χ0) is 18.5. The lowest BCUT2D eigenvalue weighted by atomic mass is 10.2. The van der Waals surface area contributed by atoms with E-state index in [-0.39, 0.29) is 0 Å². The minimum absolute atomic E-state index is 0.595. The maximum atomic E-state index is 5.55. The highest BCUT2D eigenvalue weighted by molar-refractivity contribution is 5.44. The number of hydrogen-bond donors (Lipinski definition) is 1. The molecule has 0 fully saturated rings. The van der Waals surface area contributed by atoms with Gasteiger partial charge in [0.2, 0.25) is 0 Å². The zero-order valence-electron chi connectivity index (χ0n) is 15.5. The largest absolute Gasteiger partial charge is 0.493 e. The summed E-state index contributed by atoms with van der Waals surface area (Å²) in [5.74, 6) is 2.83. The summed E-state index contributed by atoms with van der Waals surface area (Å²) >= 11 is 0. The molecule has 0 aliphatic carbocycles. The van der Waals surface area contributed by atoms with E-state index in [0.29, 0.717) is 30.5 Å². The molecule has 1 N–H and O–H groups in total. The number of benzene rings is 1. The van der Waals surface area contributed by atoms with E-state index in [1.54, 1.807) is 24.2 Å². The minimum atomic E-state index is 0.595. The highest BCUT2D eigenvalue weighted by atomic mass is 16.5. The molecule has 0 unspecified atom stereocenters.